The summed E-state index contributed by atoms with van der Waals surface area (Å²) in [6.07, 6.45) is 2.05. The van der Waals surface area contributed by atoms with E-state index in [-0.39, 0.29) is 24.3 Å². The molecule has 1 aliphatic rings. The van der Waals surface area contributed by atoms with E-state index in [2.05, 4.69) is 17.2 Å². The van der Waals surface area contributed by atoms with Crippen LogP contribution in [0.2, 0.25) is 0 Å². The Balaban J connectivity index is 1.58. The largest absolute Gasteiger partial charge is 0.335 e. The molecule has 2 N–H and O–H groups in total. The molecule has 0 saturated carbocycles. The Kier molecular flexibility index (Phi) is 5.31. The quantitative estimate of drug-likeness (QED) is 0.829. The van der Waals surface area contributed by atoms with Crippen LogP contribution in [-0.4, -0.2) is 23.4 Å². The lowest BCUT2D eigenvalue weighted by molar-refractivity contribution is -0.126. The van der Waals surface area contributed by atoms with Crippen LogP contribution >= 0.6 is 0 Å². The normalized spacial score (nSPS) is 12.9. The van der Waals surface area contributed by atoms with Gasteiger partial charge in [-0.2, -0.15) is 0 Å². The van der Waals surface area contributed by atoms with Crippen molar-refractivity contribution >= 4 is 17.6 Å². The minimum atomic E-state index is -0.353. The van der Waals surface area contributed by atoms with Crippen molar-refractivity contribution in [3.8, 4) is 0 Å². The van der Waals surface area contributed by atoms with Crippen molar-refractivity contribution in [3.63, 3.8) is 0 Å². The molecule has 0 aromatic heterocycles. The predicted molar refractivity (Wildman–Crippen MR) is 98.0 cm³/mol. The Bertz CT molecular complexity index is 851. The first kappa shape index (κ1) is 17.7. The Morgan fingerprint density at radius 2 is 2.04 bits per heavy atom. The molecular weight excluding hydrogens is 333 g/mol. The van der Waals surface area contributed by atoms with Crippen molar-refractivity contribution in [2.24, 2.45) is 0 Å². The Morgan fingerprint density at radius 3 is 2.81 bits per heavy atom. The van der Waals surface area contributed by atoms with Crippen molar-refractivity contribution in [1.82, 2.24) is 10.2 Å². The van der Waals surface area contributed by atoms with Gasteiger partial charge in [0.25, 0.3) is 0 Å². The summed E-state index contributed by atoms with van der Waals surface area (Å²) in [5, 5.41) is 5.49. The summed E-state index contributed by atoms with van der Waals surface area (Å²) in [6.45, 7) is 4.94. The van der Waals surface area contributed by atoms with E-state index in [9.17, 15) is 14.0 Å². The molecule has 0 unspecified atom stereocenters. The molecule has 3 rings (SSSR count). The summed E-state index contributed by atoms with van der Waals surface area (Å²) in [5.41, 5.74) is 3.56. The molecule has 26 heavy (non-hydrogen) atoms. The first-order valence-electron chi connectivity index (χ1n) is 8.37. The maximum atomic E-state index is 13.1. The number of halogens is 1. The number of urea groups is 1. The second-order valence-corrected chi connectivity index (χ2v) is 6.14. The molecule has 5 nitrogen and oxygen atoms in total. The monoisotopic (exact) mass is 353 g/mol. The Labute approximate surface area is 151 Å². The third kappa shape index (κ3) is 4.27. The Morgan fingerprint density at radius 1 is 1.19 bits per heavy atom. The number of fused-ring (bicyclic) bond motifs is 1. The van der Waals surface area contributed by atoms with Gasteiger partial charge in [0.15, 0.2) is 0 Å². The number of carbonyl (C=O) groups excluding carboxylic acids is 2. The van der Waals surface area contributed by atoms with E-state index in [1.165, 1.54) is 18.2 Å². The van der Waals surface area contributed by atoms with Crippen molar-refractivity contribution < 1.29 is 14.0 Å². The number of anilines is 1. The van der Waals surface area contributed by atoms with Gasteiger partial charge >= 0.3 is 6.03 Å². The molecule has 0 saturated heterocycles. The molecule has 3 amide bonds. The maximum absolute atomic E-state index is 13.1. The minimum Gasteiger partial charge on any atom is -0.335 e. The molecule has 0 bridgehead atoms. The van der Waals surface area contributed by atoms with Gasteiger partial charge < -0.3 is 15.5 Å². The highest BCUT2D eigenvalue weighted by atomic mass is 19.1. The lowest BCUT2D eigenvalue weighted by Crippen LogP contribution is -2.34. The van der Waals surface area contributed by atoms with Gasteiger partial charge in [0.1, 0.15) is 5.82 Å². The van der Waals surface area contributed by atoms with Gasteiger partial charge in [0.05, 0.1) is 0 Å². The lowest BCUT2D eigenvalue weighted by Gasteiger charge is -2.28. The van der Waals surface area contributed by atoms with Gasteiger partial charge in [-0.3, -0.25) is 4.79 Å². The van der Waals surface area contributed by atoms with Crippen LogP contribution < -0.4 is 10.6 Å². The second kappa shape index (κ2) is 7.82. The van der Waals surface area contributed by atoms with Crippen LogP contribution in [0.3, 0.4) is 0 Å². The fourth-order valence-electron chi connectivity index (χ4n) is 2.95. The van der Waals surface area contributed by atoms with Gasteiger partial charge in [0.2, 0.25) is 5.91 Å². The van der Waals surface area contributed by atoms with Crippen LogP contribution in [0, 0.1) is 5.82 Å². The SMILES string of the molecule is C=CC(=O)N1CCc2cc(NC(=O)NCc3cccc(F)c3)ccc2C1. The first-order valence-corrected chi connectivity index (χ1v) is 8.37. The van der Waals surface area contributed by atoms with Crippen molar-refractivity contribution in [2.45, 2.75) is 19.5 Å². The molecule has 134 valence electrons. The average molecular weight is 353 g/mol. The van der Waals surface area contributed by atoms with Crippen LogP contribution in [-0.2, 0) is 24.3 Å². The van der Waals surface area contributed by atoms with Crippen LogP contribution in [0.5, 0.6) is 0 Å². The third-order valence-electron chi connectivity index (χ3n) is 4.30. The number of carbonyl (C=O) groups is 2. The summed E-state index contributed by atoms with van der Waals surface area (Å²) in [5.74, 6) is -0.405. The number of amides is 3. The molecule has 0 atom stereocenters. The smallest absolute Gasteiger partial charge is 0.319 e. The molecule has 0 fully saturated rings. The van der Waals surface area contributed by atoms with Crippen LogP contribution in [0.1, 0.15) is 16.7 Å². The fraction of sp³-hybridized carbons (Fsp3) is 0.200. The van der Waals surface area contributed by atoms with E-state index >= 15 is 0 Å². The molecule has 0 radical (unpaired) electrons. The van der Waals surface area contributed by atoms with E-state index in [0.29, 0.717) is 24.3 Å². The highest BCUT2D eigenvalue weighted by molar-refractivity contribution is 5.89. The third-order valence-corrected chi connectivity index (χ3v) is 4.30. The first-order chi connectivity index (χ1) is 12.5. The molecule has 6 heteroatoms. The predicted octanol–water partition coefficient (Wildman–Crippen LogP) is 3.22. The van der Waals surface area contributed by atoms with Crippen molar-refractivity contribution in [1.29, 1.82) is 0 Å². The molecule has 0 aliphatic carbocycles. The van der Waals surface area contributed by atoms with E-state index in [1.54, 1.807) is 17.0 Å². The average Bonchev–Trinajstić information content (AvgIpc) is 2.65. The Hall–Kier alpha value is -3.15. The van der Waals surface area contributed by atoms with E-state index in [0.717, 1.165) is 17.5 Å². The summed E-state index contributed by atoms with van der Waals surface area (Å²) < 4.78 is 13.1. The van der Waals surface area contributed by atoms with Gasteiger partial charge in [-0.15, -0.1) is 0 Å². The highest BCUT2D eigenvalue weighted by Crippen LogP contribution is 2.22. The fourth-order valence-corrected chi connectivity index (χ4v) is 2.95. The summed E-state index contributed by atoms with van der Waals surface area (Å²) in [6, 6.07) is 11.4. The van der Waals surface area contributed by atoms with Crippen LogP contribution in [0.15, 0.2) is 55.1 Å². The van der Waals surface area contributed by atoms with Crippen LogP contribution in [0.25, 0.3) is 0 Å². The standard InChI is InChI=1S/C20H20FN3O2/c1-2-19(25)24-9-8-15-11-18(7-6-16(15)13-24)23-20(26)22-12-14-4-3-5-17(21)10-14/h2-7,10-11H,1,8-9,12-13H2,(H2,22,23,26). The molecule has 1 aliphatic heterocycles. The van der Waals surface area contributed by atoms with Gasteiger partial charge in [-0.1, -0.05) is 24.8 Å². The summed E-state index contributed by atoms with van der Waals surface area (Å²) in [7, 11) is 0. The number of benzene rings is 2. The molecule has 2 aromatic rings. The van der Waals surface area contributed by atoms with Crippen molar-refractivity contribution in [2.75, 3.05) is 11.9 Å². The zero-order valence-corrected chi connectivity index (χ0v) is 14.3. The maximum Gasteiger partial charge on any atom is 0.319 e. The number of hydrogen-bond acceptors (Lipinski definition) is 2. The van der Waals surface area contributed by atoms with Gasteiger partial charge in [0, 0.05) is 25.3 Å². The number of hydrogen-bond donors (Lipinski definition) is 2. The van der Waals surface area contributed by atoms with Gasteiger partial charge in [-0.05, 0) is 53.5 Å². The second-order valence-electron chi connectivity index (χ2n) is 6.14. The lowest BCUT2D eigenvalue weighted by atomic mass is 9.99. The molecular formula is C20H20FN3O2. The van der Waals surface area contributed by atoms with Crippen LogP contribution in [0.4, 0.5) is 14.9 Å². The number of nitrogens with one attached hydrogen (secondary N) is 2. The van der Waals surface area contributed by atoms with E-state index < -0.39 is 0 Å². The molecule has 0 spiro atoms. The van der Waals surface area contributed by atoms with Crippen molar-refractivity contribution in [3.05, 3.63) is 77.6 Å². The summed E-state index contributed by atoms with van der Waals surface area (Å²) in [4.78, 5) is 25.5. The molecule has 1 heterocycles. The minimum absolute atomic E-state index is 0.0745. The van der Waals surface area contributed by atoms with Gasteiger partial charge in [-0.25, -0.2) is 9.18 Å². The number of rotatable bonds is 4. The van der Waals surface area contributed by atoms with E-state index in [1.807, 2.05) is 18.2 Å². The highest BCUT2D eigenvalue weighted by Gasteiger charge is 2.19. The zero-order valence-electron chi connectivity index (χ0n) is 14.3. The topological polar surface area (TPSA) is 61.4 Å². The van der Waals surface area contributed by atoms with E-state index in [4.69, 9.17) is 0 Å². The summed E-state index contributed by atoms with van der Waals surface area (Å²) >= 11 is 0. The zero-order chi connectivity index (χ0) is 18.5. The molecule has 2 aromatic carbocycles. The number of nitrogens with zero attached hydrogens (tertiary/aromatic N) is 1.